The van der Waals surface area contributed by atoms with E-state index in [1.807, 2.05) is 13.1 Å². The van der Waals surface area contributed by atoms with Crippen molar-refractivity contribution < 1.29 is 19.7 Å². The van der Waals surface area contributed by atoms with Crippen LogP contribution in [-0.2, 0) is 17.7 Å². The number of benzene rings is 1. The lowest BCUT2D eigenvalue weighted by Crippen LogP contribution is -2.48. The number of nitrogens with zero attached hydrogens (tertiary/aromatic N) is 4. The first-order chi connectivity index (χ1) is 17.6. The van der Waals surface area contributed by atoms with Gasteiger partial charge in [-0.2, -0.15) is 0 Å². The minimum absolute atomic E-state index is 0.0761. The molecule has 1 aliphatic rings. The molecule has 1 aliphatic heterocycles. The highest BCUT2D eigenvalue weighted by molar-refractivity contribution is 9.10. The van der Waals surface area contributed by atoms with E-state index >= 15 is 0 Å². The van der Waals surface area contributed by atoms with Crippen LogP contribution in [0, 0.1) is 5.41 Å². The summed E-state index contributed by atoms with van der Waals surface area (Å²) in [5.41, 5.74) is 5.93. The summed E-state index contributed by atoms with van der Waals surface area (Å²) in [6.45, 7) is 11.3. The highest BCUT2D eigenvalue weighted by Crippen LogP contribution is 2.42. The zero-order valence-corrected chi connectivity index (χ0v) is 23.9. The van der Waals surface area contributed by atoms with Crippen molar-refractivity contribution in [1.29, 1.82) is 0 Å². The zero-order valence-electron chi connectivity index (χ0n) is 22.3. The molecule has 9 heteroatoms. The van der Waals surface area contributed by atoms with Gasteiger partial charge in [-0.05, 0) is 55.5 Å². The van der Waals surface area contributed by atoms with Crippen LogP contribution in [0.15, 0.2) is 34.9 Å². The van der Waals surface area contributed by atoms with Crippen molar-refractivity contribution in [2.75, 3.05) is 44.8 Å². The molecule has 200 valence electrons. The first kappa shape index (κ1) is 27.4. The lowest BCUT2D eigenvalue weighted by atomic mass is 9.84. The van der Waals surface area contributed by atoms with Crippen LogP contribution in [0.25, 0.3) is 22.2 Å². The number of aryl methyl sites for hydroxylation is 1. The number of anilines is 1. The molecule has 2 N–H and O–H groups in total. The normalized spacial score (nSPS) is 15.4. The quantitative estimate of drug-likeness (QED) is 0.367. The van der Waals surface area contributed by atoms with Gasteiger partial charge < -0.3 is 29.3 Å². The molecule has 2 aromatic heterocycles. The lowest BCUT2D eigenvalue weighted by Gasteiger charge is -2.35. The molecule has 8 nitrogen and oxygen atoms in total. The molecule has 4 rings (SSSR count). The predicted molar refractivity (Wildman–Crippen MR) is 150 cm³/mol. The fourth-order valence-corrected chi connectivity index (χ4v) is 5.53. The van der Waals surface area contributed by atoms with Crippen molar-refractivity contribution >= 4 is 38.6 Å². The van der Waals surface area contributed by atoms with Crippen LogP contribution in [-0.4, -0.2) is 70.7 Å². The number of fused-ring (bicyclic) bond motifs is 1. The fraction of sp³-hybridized carbons (Fsp3) is 0.500. The van der Waals surface area contributed by atoms with E-state index < -0.39 is 6.09 Å². The van der Waals surface area contributed by atoms with Crippen molar-refractivity contribution in [3.8, 4) is 11.3 Å². The standard InChI is InChI=1S/C28H37BrN4O4/c1-6-33-24-8-7-19(29)13-21(24)23(15-28(3,4)17-34)26(33)22-14-20(16-30-25(22)18(2)37-5)31-9-11-32(12-10-31)27(35)36/h7-8,13-14,16,18,34H,6,9-12,15,17H2,1-5H3,(H,35,36)/t18-/m0/s1. The third-order valence-corrected chi connectivity index (χ3v) is 7.84. The van der Waals surface area contributed by atoms with E-state index in [1.54, 1.807) is 7.11 Å². The molecule has 3 aromatic rings. The Morgan fingerprint density at radius 1 is 1.22 bits per heavy atom. The number of rotatable bonds is 8. The molecule has 0 radical (unpaired) electrons. The van der Waals surface area contributed by atoms with Gasteiger partial charge in [-0.25, -0.2) is 4.79 Å². The minimum atomic E-state index is -0.877. The largest absolute Gasteiger partial charge is 0.465 e. The Labute approximate surface area is 227 Å². The molecule has 37 heavy (non-hydrogen) atoms. The second kappa shape index (κ2) is 11.0. The van der Waals surface area contributed by atoms with Crippen LogP contribution < -0.4 is 4.90 Å². The lowest BCUT2D eigenvalue weighted by molar-refractivity contribution is 0.116. The van der Waals surface area contributed by atoms with Gasteiger partial charge in [-0.3, -0.25) is 4.98 Å². The second-order valence-corrected chi connectivity index (χ2v) is 11.4. The Kier molecular flexibility index (Phi) is 8.16. The van der Waals surface area contributed by atoms with Crippen LogP contribution in [0.2, 0.25) is 0 Å². The number of ether oxygens (including phenoxy) is 1. The molecular formula is C28H37BrN4O4. The van der Waals surface area contributed by atoms with E-state index in [4.69, 9.17) is 9.72 Å². The molecule has 1 atom stereocenters. The Morgan fingerprint density at radius 2 is 1.92 bits per heavy atom. The molecule has 1 aromatic carbocycles. The van der Waals surface area contributed by atoms with Gasteiger partial charge in [0.1, 0.15) is 0 Å². The van der Waals surface area contributed by atoms with Gasteiger partial charge in [0, 0.05) is 67.4 Å². The molecule has 0 spiro atoms. The van der Waals surface area contributed by atoms with Gasteiger partial charge in [0.15, 0.2) is 0 Å². The van der Waals surface area contributed by atoms with Crippen molar-refractivity contribution in [3.05, 3.63) is 46.2 Å². The average Bonchev–Trinajstić information content (AvgIpc) is 3.19. The number of methoxy groups -OCH3 is 1. The first-order valence-electron chi connectivity index (χ1n) is 12.8. The molecule has 3 heterocycles. The van der Waals surface area contributed by atoms with Gasteiger partial charge in [0.25, 0.3) is 0 Å². The number of halogens is 1. The molecule has 1 fully saturated rings. The molecule has 0 unspecified atom stereocenters. The summed E-state index contributed by atoms with van der Waals surface area (Å²) in [5, 5.41) is 20.7. The van der Waals surface area contributed by atoms with Crippen molar-refractivity contribution in [1.82, 2.24) is 14.5 Å². The summed E-state index contributed by atoms with van der Waals surface area (Å²) < 4.78 is 9.09. The average molecular weight is 574 g/mol. The molecule has 0 saturated carbocycles. The Bertz CT molecular complexity index is 1280. The smallest absolute Gasteiger partial charge is 0.407 e. The maximum Gasteiger partial charge on any atom is 0.407 e. The van der Waals surface area contributed by atoms with Gasteiger partial charge in [0.05, 0.1) is 29.4 Å². The number of amides is 1. The number of hydrogen-bond acceptors (Lipinski definition) is 5. The SMILES string of the molecule is CCn1c(-c2cc(N3CCN(C(=O)O)CC3)cnc2[C@H](C)OC)c(CC(C)(C)CO)c2cc(Br)ccc21. The van der Waals surface area contributed by atoms with E-state index in [-0.39, 0.29) is 18.1 Å². The monoisotopic (exact) mass is 572 g/mol. The molecule has 1 saturated heterocycles. The number of hydrogen-bond donors (Lipinski definition) is 2. The maximum absolute atomic E-state index is 11.4. The zero-order chi connectivity index (χ0) is 26.9. The molecule has 0 aliphatic carbocycles. The minimum Gasteiger partial charge on any atom is -0.465 e. The van der Waals surface area contributed by atoms with Crippen LogP contribution >= 0.6 is 15.9 Å². The highest BCUT2D eigenvalue weighted by atomic mass is 79.9. The highest BCUT2D eigenvalue weighted by Gasteiger charge is 2.29. The molecular weight excluding hydrogens is 536 g/mol. The summed E-state index contributed by atoms with van der Waals surface area (Å²) in [4.78, 5) is 20.0. The number of carbonyl (C=O) groups is 1. The van der Waals surface area contributed by atoms with E-state index in [9.17, 15) is 15.0 Å². The van der Waals surface area contributed by atoms with E-state index in [0.29, 0.717) is 32.6 Å². The van der Waals surface area contributed by atoms with Crippen LogP contribution in [0.1, 0.15) is 45.1 Å². The second-order valence-electron chi connectivity index (χ2n) is 10.5. The van der Waals surface area contributed by atoms with Gasteiger partial charge >= 0.3 is 6.09 Å². The Morgan fingerprint density at radius 3 is 2.51 bits per heavy atom. The Hall–Kier alpha value is -2.62. The van der Waals surface area contributed by atoms with Gasteiger partial charge in [-0.1, -0.05) is 29.8 Å². The summed E-state index contributed by atoms with van der Waals surface area (Å²) in [6.07, 6.45) is 1.47. The van der Waals surface area contributed by atoms with E-state index in [2.05, 4.69) is 70.4 Å². The number of carboxylic acid groups (broad SMARTS) is 1. The number of pyridine rings is 1. The van der Waals surface area contributed by atoms with Crippen LogP contribution in [0.4, 0.5) is 10.5 Å². The van der Waals surface area contributed by atoms with Gasteiger partial charge in [-0.15, -0.1) is 0 Å². The summed E-state index contributed by atoms with van der Waals surface area (Å²) in [6, 6.07) is 8.55. The summed E-state index contributed by atoms with van der Waals surface area (Å²) in [7, 11) is 1.69. The van der Waals surface area contributed by atoms with Crippen molar-refractivity contribution in [2.45, 2.75) is 46.8 Å². The first-order valence-corrected chi connectivity index (χ1v) is 13.6. The number of aromatic nitrogens is 2. The van der Waals surface area contributed by atoms with Crippen molar-refractivity contribution in [2.24, 2.45) is 5.41 Å². The maximum atomic E-state index is 11.4. The number of aliphatic hydroxyl groups excluding tert-OH is 1. The summed E-state index contributed by atoms with van der Waals surface area (Å²) in [5.74, 6) is 0. The van der Waals surface area contributed by atoms with Crippen molar-refractivity contribution in [3.63, 3.8) is 0 Å². The molecule has 0 bridgehead atoms. The number of piperazine rings is 1. The Balaban J connectivity index is 1.94. The van der Waals surface area contributed by atoms with Crippen LogP contribution in [0.3, 0.4) is 0 Å². The van der Waals surface area contributed by atoms with Gasteiger partial charge in [0.2, 0.25) is 0 Å². The molecule has 1 amide bonds. The predicted octanol–water partition coefficient (Wildman–Crippen LogP) is 5.55. The topological polar surface area (TPSA) is 91.1 Å². The van der Waals surface area contributed by atoms with E-state index in [0.717, 1.165) is 44.6 Å². The number of aliphatic hydroxyl groups is 1. The third-order valence-electron chi connectivity index (χ3n) is 7.34. The van der Waals surface area contributed by atoms with Crippen LogP contribution in [0.5, 0.6) is 0 Å². The third kappa shape index (κ3) is 5.49. The van der Waals surface area contributed by atoms with E-state index in [1.165, 1.54) is 10.5 Å². The fourth-order valence-electron chi connectivity index (χ4n) is 5.16. The summed E-state index contributed by atoms with van der Waals surface area (Å²) >= 11 is 3.66.